The van der Waals surface area contributed by atoms with Gasteiger partial charge in [-0.3, -0.25) is 19.2 Å². The lowest BCUT2D eigenvalue weighted by Crippen LogP contribution is -2.39. The third-order valence-electron chi connectivity index (χ3n) is 6.38. The van der Waals surface area contributed by atoms with Crippen LogP contribution in [0, 0.1) is 11.8 Å². The first-order valence-corrected chi connectivity index (χ1v) is 12.6. The number of hydrogen-bond donors (Lipinski definition) is 1. The van der Waals surface area contributed by atoms with E-state index in [4.69, 9.17) is 9.84 Å². The summed E-state index contributed by atoms with van der Waals surface area (Å²) in [5, 5.41) is 9.05. The smallest absolute Gasteiger partial charge is 0.318 e. The minimum absolute atomic E-state index is 0.137. The number of hydrogen-bond acceptors (Lipinski definition) is 5. The topological polar surface area (TPSA) is 104 Å². The molecule has 2 atom stereocenters. The van der Waals surface area contributed by atoms with Crippen LogP contribution in [0.3, 0.4) is 0 Å². The van der Waals surface area contributed by atoms with E-state index in [-0.39, 0.29) is 11.8 Å². The average Bonchev–Trinajstić information content (AvgIpc) is 3.21. The van der Waals surface area contributed by atoms with Gasteiger partial charge in [0.05, 0.1) is 6.61 Å². The fraction of sp³-hybridized carbons (Fsp3) is 0.429. The highest BCUT2D eigenvalue weighted by atomic mass is 16.5. The molecule has 2 aromatic rings. The number of carboxylic acid groups (broad SMARTS) is 1. The van der Waals surface area contributed by atoms with Crippen LogP contribution in [0.5, 0.6) is 0 Å². The van der Waals surface area contributed by atoms with Gasteiger partial charge in [0.1, 0.15) is 11.8 Å². The Morgan fingerprint density at radius 3 is 1.67 bits per heavy atom. The van der Waals surface area contributed by atoms with Crippen molar-refractivity contribution in [2.75, 3.05) is 29.5 Å². The van der Waals surface area contributed by atoms with E-state index >= 15 is 0 Å². The standard InChI is InChI=1S/C15H19NO3.C13H15NO3/c1-2-19-15(18)13-10-6-7-11-16(14(13)17)12-8-4-3-5-9-12;15-12-11(13(16)17)8-4-5-9-14(12)10-6-2-1-3-7-10/h3-5,8-9,13H,2,6-7,10-11H2,1H3;1-3,6-7,11H,4-5,8-9H2,(H,16,17). The van der Waals surface area contributed by atoms with Crippen molar-refractivity contribution in [2.45, 2.75) is 45.4 Å². The molecule has 0 bridgehead atoms. The van der Waals surface area contributed by atoms with Crippen molar-refractivity contribution in [3.8, 4) is 0 Å². The molecule has 0 spiro atoms. The zero-order valence-corrected chi connectivity index (χ0v) is 20.7. The molecule has 0 radical (unpaired) electrons. The summed E-state index contributed by atoms with van der Waals surface area (Å²) in [7, 11) is 0. The van der Waals surface area contributed by atoms with Crippen LogP contribution in [0.1, 0.15) is 45.4 Å². The fourth-order valence-electron chi connectivity index (χ4n) is 4.50. The molecule has 2 amide bonds. The Kier molecular flexibility index (Phi) is 10.0. The lowest BCUT2D eigenvalue weighted by molar-refractivity contribution is -0.152. The number of ether oxygens (including phenoxy) is 1. The molecule has 2 unspecified atom stereocenters. The third kappa shape index (κ3) is 6.93. The van der Waals surface area contributed by atoms with Crippen LogP contribution in [0.2, 0.25) is 0 Å². The van der Waals surface area contributed by atoms with Gasteiger partial charge in [-0.05, 0) is 56.9 Å². The van der Waals surface area contributed by atoms with Crippen LogP contribution in [0.25, 0.3) is 0 Å². The van der Waals surface area contributed by atoms with Crippen LogP contribution in [0.15, 0.2) is 60.7 Å². The molecular formula is C28H34N2O6. The van der Waals surface area contributed by atoms with Gasteiger partial charge in [-0.1, -0.05) is 49.2 Å². The Morgan fingerprint density at radius 1 is 0.778 bits per heavy atom. The number of rotatable bonds is 5. The normalized spacial score (nSPS) is 20.5. The predicted octanol–water partition coefficient (Wildman–Crippen LogP) is 4.29. The molecule has 192 valence electrons. The monoisotopic (exact) mass is 494 g/mol. The van der Waals surface area contributed by atoms with Gasteiger partial charge in [0.25, 0.3) is 0 Å². The van der Waals surface area contributed by atoms with E-state index in [1.54, 1.807) is 16.7 Å². The van der Waals surface area contributed by atoms with Crippen molar-refractivity contribution in [1.82, 2.24) is 0 Å². The van der Waals surface area contributed by atoms with Gasteiger partial charge in [-0.15, -0.1) is 0 Å². The van der Waals surface area contributed by atoms with E-state index in [2.05, 4.69) is 0 Å². The van der Waals surface area contributed by atoms with Crippen molar-refractivity contribution in [3.05, 3.63) is 60.7 Å². The van der Waals surface area contributed by atoms with Gasteiger partial charge in [-0.25, -0.2) is 0 Å². The molecule has 2 aliphatic heterocycles. The molecule has 36 heavy (non-hydrogen) atoms. The molecule has 2 aliphatic rings. The van der Waals surface area contributed by atoms with Crippen molar-refractivity contribution < 1.29 is 29.0 Å². The van der Waals surface area contributed by atoms with Gasteiger partial charge >= 0.3 is 11.9 Å². The molecule has 2 saturated heterocycles. The fourth-order valence-corrected chi connectivity index (χ4v) is 4.50. The number of benzene rings is 2. The van der Waals surface area contributed by atoms with Crippen molar-refractivity contribution in [3.63, 3.8) is 0 Å². The van der Waals surface area contributed by atoms with Crippen molar-refractivity contribution in [1.29, 1.82) is 0 Å². The molecular weight excluding hydrogens is 460 g/mol. The lowest BCUT2D eigenvalue weighted by Gasteiger charge is -2.23. The molecule has 1 N–H and O–H groups in total. The molecule has 2 aromatic carbocycles. The second-order valence-electron chi connectivity index (χ2n) is 8.84. The van der Waals surface area contributed by atoms with Crippen LogP contribution >= 0.6 is 0 Å². The van der Waals surface area contributed by atoms with Crippen LogP contribution in [-0.4, -0.2) is 48.6 Å². The molecule has 8 nitrogen and oxygen atoms in total. The maximum Gasteiger partial charge on any atom is 0.318 e. The number of carbonyl (C=O) groups excluding carboxylic acids is 3. The zero-order chi connectivity index (χ0) is 25.9. The zero-order valence-electron chi connectivity index (χ0n) is 20.7. The number of carbonyl (C=O) groups is 4. The predicted molar refractivity (Wildman–Crippen MR) is 137 cm³/mol. The Morgan fingerprint density at radius 2 is 1.22 bits per heavy atom. The SMILES string of the molecule is CCOC(=O)C1CCCCN(c2ccccc2)C1=O.O=C(O)C1CCCCN(c2ccccc2)C1=O. The number of carboxylic acids is 1. The van der Waals surface area contributed by atoms with E-state index < -0.39 is 23.8 Å². The number of anilines is 2. The van der Waals surface area contributed by atoms with E-state index in [9.17, 15) is 19.2 Å². The molecule has 2 heterocycles. The van der Waals surface area contributed by atoms with Crippen molar-refractivity contribution in [2.24, 2.45) is 11.8 Å². The summed E-state index contributed by atoms with van der Waals surface area (Å²) in [6, 6.07) is 18.7. The third-order valence-corrected chi connectivity index (χ3v) is 6.38. The summed E-state index contributed by atoms with van der Waals surface area (Å²) < 4.78 is 5.01. The highest BCUT2D eigenvalue weighted by molar-refractivity contribution is 6.06. The number of nitrogens with zero attached hydrogens (tertiary/aromatic N) is 2. The van der Waals surface area contributed by atoms with Gasteiger partial charge in [-0.2, -0.15) is 0 Å². The van der Waals surface area contributed by atoms with Gasteiger partial charge < -0.3 is 19.6 Å². The summed E-state index contributed by atoms with van der Waals surface area (Å²) >= 11 is 0. The molecule has 4 rings (SSSR count). The Hall–Kier alpha value is -3.68. The summed E-state index contributed by atoms with van der Waals surface area (Å²) in [5.41, 5.74) is 1.63. The maximum atomic E-state index is 12.5. The van der Waals surface area contributed by atoms with Crippen LogP contribution in [0.4, 0.5) is 11.4 Å². The number of aliphatic carboxylic acids is 1. The number of esters is 1. The minimum atomic E-state index is -1.02. The quantitative estimate of drug-likeness (QED) is 0.491. The first-order valence-electron chi connectivity index (χ1n) is 12.6. The summed E-state index contributed by atoms with van der Waals surface area (Å²) in [5.74, 6) is -3.38. The van der Waals surface area contributed by atoms with E-state index in [1.807, 2.05) is 60.7 Å². The first kappa shape index (κ1) is 26.9. The summed E-state index contributed by atoms with van der Waals surface area (Å²) in [4.78, 5) is 50.8. The van der Waals surface area contributed by atoms with Crippen LogP contribution in [-0.2, 0) is 23.9 Å². The van der Waals surface area contributed by atoms with Gasteiger partial charge in [0.15, 0.2) is 0 Å². The maximum absolute atomic E-state index is 12.5. The second kappa shape index (κ2) is 13.4. The molecule has 8 heteroatoms. The molecule has 0 aliphatic carbocycles. The molecule has 0 aromatic heterocycles. The van der Waals surface area contributed by atoms with E-state index in [0.29, 0.717) is 32.5 Å². The first-order chi connectivity index (χ1) is 17.4. The van der Waals surface area contributed by atoms with Crippen molar-refractivity contribution >= 4 is 35.1 Å². The largest absolute Gasteiger partial charge is 0.481 e. The average molecular weight is 495 g/mol. The summed E-state index contributed by atoms with van der Waals surface area (Å²) in [6.45, 7) is 3.34. The minimum Gasteiger partial charge on any atom is -0.481 e. The highest BCUT2D eigenvalue weighted by Gasteiger charge is 2.34. The highest BCUT2D eigenvalue weighted by Crippen LogP contribution is 2.25. The Labute approximate surface area is 211 Å². The van der Waals surface area contributed by atoms with Gasteiger partial charge in [0, 0.05) is 24.5 Å². The Balaban J connectivity index is 0.000000202. The lowest BCUT2D eigenvalue weighted by atomic mass is 10.0. The van der Waals surface area contributed by atoms with Crippen LogP contribution < -0.4 is 9.80 Å². The Bertz CT molecular complexity index is 1030. The number of amides is 2. The van der Waals surface area contributed by atoms with E-state index in [1.165, 1.54) is 0 Å². The molecule has 0 saturated carbocycles. The second-order valence-corrected chi connectivity index (χ2v) is 8.84. The number of para-hydroxylation sites is 2. The van der Waals surface area contributed by atoms with Gasteiger partial charge in [0.2, 0.25) is 11.8 Å². The summed E-state index contributed by atoms with van der Waals surface area (Å²) in [6.07, 6.45) is 4.45. The molecule has 2 fully saturated rings. The van der Waals surface area contributed by atoms with E-state index in [0.717, 1.165) is 37.1 Å².